The second kappa shape index (κ2) is 7.44. The summed E-state index contributed by atoms with van der Waals surface area (Å²) in [6, 6.07) is 1.69. The first-order valence-corrected chi connectivity index (χ1v) is 10.8. The van der Waals surface area contributed by atoms with Gasteiger partial charge < -0.3 is 5.32 Å². The van der Waals surface area contributed by atoms with Gasteiger partial charge in [0.2, 0.25) is 0 Å². The number of nitrogens with zero attached hydrogens (tertiary/aromatic N) is 1. The maximum absolute atomic E-state index is 4.02. The van der Waals surface area contributed by atoms with Gasteiger partial charge in [-0.15, -0.1) is 0 Å². The third kappa shape index (κ3) is 4.31. The predicted molar refractivity (Wildman–Crippen MR) is 97.6 cm³/mol. The Bertz CT molecular complexity index is 372. The molecular weight excluding hydrogens is 280 g/mol. The molecule has 3 saturated carbocycles. The molecule has 2 heteroatoms. The van der Waals surface area contributed by atoms with E-state index in [0.717, 1.165) is 35.8 Å². The molecule has 4 atom stereocenters. The van der Waals surface area contributed by atoms with Gasteiger partial charge in [0.1, 0.15) is 0 Å². The average Bonchev–Trinajstić information content (AvgIpc) is 3.36. The van der Waals surface area contributed by atoms with E-state index in [9.17, 15) is 0 Å². The number of rotatable bonds is 6. The van der Waals surface area contributed by atoms with Gasteiger partial charge >= 0.3 is 0 Å². The molecule has 0 aromatic carbocycles. The summed E-state index contributed by atoms with van der Waals surface area (Å²) in [5, 5.41) is 4.02. The van der Waals surface area contributed by atoms with Crippen LogP contribution in [0, 0.1) is 23.7 Å². The van der Waals surface area contributed by atoms with Crippen molar-refractivity contribution >= 4 is 0 Å². The Balaban J connectivity index is 1.30. The minimum Gasteiger partial charge on any atom is -0.312 e. The van der Waals surface area contributed by atoms with Crippen LogP contribution in [0.2, 0.25) is 0 Å². The van der Waals surface area contributed by atoms with Gasteiger partial charge in [0.25, 0.3) is 0 Å². The van der Waals surface area contributed by atoms with E-state index in [2.05, 4.69) is 17.1 Å². The maximum Gasteiger partial charge on any atom is 0.0198 e. The Kier molecular flexibility index (Phi) is 5.30. The summed E-state index contributed by atoms with van der Waals surface area (Å²) in [6.45, 7) is 6.52. The lowest BCUT2D eigenvalue weighted by Crippen LogP contribution is -2.57. The SMILES string of the molecule is CC1CCC1N1CC(CC2CC2)CC(NCC2CCCCC2)C1. The summed E-state index contributed by atoms with van der Waals surface area (Å²) < 4.78 is 0. The molecular formula is C21H38N2. The second-order valence-corrected chi connectivity index (χ2v) is 9.47. The first-order valence-electron chi connectivity index (χ1n) is 10.8. The molecule has 4 rings (SSSR count). The smallest absolute Gasteiger partial charge is 0.0198 e. The molecule has 2 nitrogen and oxygen atoms in total. The monoisotopic (exact) mass is 318 g/mol. The topological polar surface area (TPSA) is 15.3 Å². The third-order valence-corrected chi connectivity index (χ3v) is 7.39. The number of hydrogen-bond donors (Lipinski definition) is 1. The van der Waals surface area contributed by atoms with Crippen LogP contribution >= 0.6 is 0 Å². The summed E-state index contributed by atoms with van der Waals surface area (Å²) in [6.07, 6.45) is 16.4. The lowest BCUT2D eigenvalue weighted by Gasteiger charge is -2.49. The highest BCUT2D eigenvalue weighted by atomic mass is 15.2. The van der Waals surface area contributed by atoms with Crippen molar-refractivity contribution in [3.05, 3.63) is 0 Å². The van der Waals surface area contributed by atoms with Crippen LogP contribution in [-0.4, -0.2) is 36.6 Å². The average molecular weight is 319 g/mol. The van der Waals surface area contributed by atoms with E-state index in [-0.39, 0.29) is 0 Å². The largest absolute Gasteiger partial charge is 0.312 e. The summed E-state index contributed by atoms with van der Waals surface area (Å²) in [7, 11) is 0. The van der Waals surface area contributed by atoms with E-state index < -0.39 is 0 Å². The van der Waals surface area contributed by atoms with Gasteiger partial charge in [-0.05, 0) is 68.7 Å². The molecule has 1 aliphatic heterocycles. The fourth-order valence-corrected chi connectivity index (χ4v) is 5.57. The van der Waals surface area contributed by atoms with Gasteiger partial charge in [0.05, 0.1) is 0 Å². The Morgan fingerprint density at radius 2 is 1.65 bits per heavy atom. The molecule has 23 heavy (non-hydrogen) atoms. The van der Waals surface area contributed by atoms with Crippen molar-refractivity contribution in [1.82, 2.24) is 10.2 Å². The standard InChI is InChI=1S/C21H38N2/c1-16-7-10-21(16)23-14-19(11-17-8-9-17)12-20(15-23)22-13-18-5-3-2-4-6-18/h16-22H,2-15H2,1H3. The van der Waals surface area contributed by atoms with Gasteiger partial charge in [-0.1, -0.05) is 39.0 Å². The van der Waals surface area contributed by atoms with Crippen molar-refractivity contribution in [1.29, 1.82) is 0 Å². The minimum atomic E-state index is 0.780. The van der Waals surface area contributed by atoms with Crippen LogP contribution in [-0.2, 0) is 0 Å². The minimum absolute atomic E-state index is 0.780. The number of nitrogens with one attached hydrogen (secondary N) is 1. The fourth-order valence-electron chi connectivity index (χ4n) is 5.57. The van der Waals surface area contributed by atoms with Crippen LogP contribution in [0.4, 0.5) is 0 Å². The summed E-state index contributed by atoms with van der Waals surface area (Å²) in [4.78, 5) is 2.89. The molecule has 1 N–H and O–H groups in total. The fraction of sp³-hybridized carbons (Fsp3) is 1.00. The Morgan fingerprint density at radius 1 is 0.826 bits per heavy atom. The molecule has 132 valence electrons. The zero-order valence-corrected chi connectivity index (χ0v) is 15.3. The summed E-state index contributed by atoms with van der Waals surface area (Å²) >= 11 is 0. The van der Waals surface area contributed by atoms with E-state index in [1.165, 1.54) is 90.3 Å². The van der Waals surface area contributed by atoms with Gasteiger partial charge in [0, 0.05) is 25.2 Å². The molecule has 4 fully saturated rings. The first kappa shape index (κ1) is 16.4. The normalized spacial score (nSPS) is 40.0. The van der Waals surface area contributed by atoms with E-state index in [1.54, 1.807) is 0 Å². The Morgan fingerprint density at radius 3 is 2.30 bits per heavy atom. The van der Waals surface area contributed by atoms with Crippen molar-refractivity contribution in [2.24, 2.45) is 23.7 Å². The van der Waals surface area contributed by atoms with E-state index in [0.29, 0.717) is 0 Å². The number of piperidine rings is 1. The second-order valence-electron chi connectivity index (χ2n) is 9.47. The van der Waals surface area contributed by atoms with Crippen LogP contribution in [0.1, 0.15) is 77.6 Å². The molecule has 4 aliphatic rings. The van der Waals surface area contributed by atoms with Crippen LogP contribution in [0.3, 0.4) is 0 Å². The molecule has 0 aromatic heterocycles. The molecule has 0 aromatic rings. The molecule has 0 radical (unpaired) electrons. The summed E-state index contributed by atoms with van der Waals surface area (Å²) in [5.41, 5.74) is 0. The third-order valence-electron chi connectivity index (χ3n) is 7.39. The van der Waals surface area contributed by atoms with Crippen LogP contribution in [0.15, 0.2) is 0 Å². The molecule has 4 unspecified atom stereocenters. The lowest BCUT2D eigenvalue weighted by molar-refractivity contribution is 0.0192. The van der Waals surface area contributed by atoms with Crippen LogP contribution in [0.25, 0.3) is 0 Å². The van der Waals surface area contributed by atoms with Crippen molar-refractivity contribution in [2.45, 2.75) is 89.6 Å². The van der Waals surface area contributed by atoms with E-state index in [4.69, 9.17) is 0 Å². The maximum atomic E-state index is 4.02. The summed E-state index contributed by atoms with van der Waals surface area (Å²) in [5.74, 6) is 4.00. The van der Waals surface area contributed by atoms with Gasteiger partial charge in [-0.2, -0.15) is 0 Å². The highest BCUT2D eigenvalue weighted by molar-refractivity contribution is 4.94. The van der Waals surface area contributed by atoms with E-state index in [1.807, 2.05) is 0 Å². The van der Waals surface area contributed by atoms with Crippen molar-refractivity contribution in [2.75, 3.05) is 19.6 Å². The molecule has 0 amide bonds. The van der Waals surface area contributed by atoms with Crippen molar-refractivity contribution in [3.8, 4) is 0 Å². The molecule has 3 aliphatic carbocycles. The Hall–Kier alpha value is -0.0800. The van der Waals surface area contributed by atoms with Gasteiger partial charge in [0.15, 0.2) is 0 Å². The molecule has 1 heterocycles. The molecule has 0 bridgehead atoms. The van der Waals surface area contributed by atoms with E-state index >= 15 is 0 Å². The van der Waals surface area contributed by atoms with Crippen LogP contribution in [0.5, 0.6) is 0 Å². The number of hydrogen-bond acceptors (Lipinski definition) is 2. The Labute approximate surface area is 143 Å². The zero-order valence-electron chi connectivity index (χ0n) is 15.3. The highest BCUT2D eigenvalue weighted by Gasteiger charge is 2.38. The molecule has 0 spiro atoms. The zero-order chi connectivity index (χ0) is 15.6. The van der Waals surface area contributed by atoms with Crippen molar-refractivity contribution < 1.29 is 0 Å². The van der Waals surface area contributed by atoms with Gasteiger partial charge in [-0.25, -0.2) is 0 Å². The van der Waals surface area contributed by atoms with Gasteiger partial charge in [-0.3, -0.25) is 4.90 Å². The first-order chi connectivity index (χ1) is 11.3. The number of likely N-dealkylation sites (tertiary alicyclic amines) is 1. The van der Waals surface area contributed by atoms with Crippen molar-refractivity contribution in [3.63, 3.8) is 0 Å². The van der Waals surface area contributed by atoms with Crippen LogP contribution < -0.4 is 5.32 Å². The quantitative estimate of drug-likeness (QED) is 0.778. The predicted octanol–water partition coefficient (Wildman–Crippen LogP) is 4.45. The lowest BCUT2D eigenvalue weighted by atomic mass is 9.77. The molecule has 1 saturated heterocycles. The highest BCUT2D eigenvalue weighted by Crippen LogP contribution is 2.40.